The SMILES string of the molecule is CC(C)CCOc1nc(Nc2coc(C(=O)O)n2)ccc1C(=O)NC1C2CC3CC1CC(O)(C3)C2. The molecule has 0 spiro atoms. The molecule has 4 aliphatic carbocycles. The Balaban J connectivity index is 1.33. The van der Waals surface area contributed by atoms with Crippen molar-refractivity contribution in [1.82, 2.24) is 15.3 Å². The number of pyridine rings is 1. The van der Waals surface area contributed by atoms with Crippen LogP contribution in [-0.4, -0.2) is 50.3 Å². The van der Waals surface area contributed by atoms with Gasteiger partial charge in [-0.3, -0.25) is 4.79 Å². The Morgan fingerprint density at radius 1 is 1.17 bits per heavy atom. The summed E-state index contributed by atoms with van der Waals surface area (Å²) in [6.07, 6.45) is 6.49. The number of anilines is 2. The summed E-state index contributed by atoms with van der Waals surface area (Å²) in [5, 5.41) is 26.0. The second-order valence-electron chi connectivity index (χ2n) is 10.7. The number of hydrogen-bond acceptors (Lipinski definition) is 8. The van der Waals surface area contributed by atoms with E-state index in [4.69, 9.17) is 14.3 Å². The zero-order chi connectivity index (χ0) is 24.7. The van der Waals surface area contributed by atoms with Crippen molar-refractivity contribution in [3.8, 4) is 5.88 Å². The average molecular weight is 485 g/mol. The van der Waals surface area contributed by atoms with Crippen LogP contribution in [0.25, 0.3) is 0 Å². The van der Waals surface area contributed by atoms with Crippen molar-refractivity contribution in [2.24, 2.45) is 23.7 Å². The van der Waals surface area contributed by atoms with Crippen LogP contribution < -0.4 is 15.4 Å². The Bertz CT molecular complexity index is 1100. The summed E-state index contributed by atoms with van der Waals surface area (Å²) >= 11 is 0. The van der Waals surface area contributed by atoms with E-state index in [0.717, 1.165) is 38.5 Å². The Morgan fingerprint density at radius 3 is 2.54 bits per heavy atom. The Morgan fingerprint density at radius 2 is 1.91 bits per heavy atom. The molecule has 4 saturated carbocycles. The number of oxazole rings is 1. The van der Waals surface area contributed by atoms with Gasteiger partial charge in [-0.2, -0.15) is 9.97 Å². The lowest BCUT2D eigenvalue weighted by Crippen LogP contribution is -2.61. The zero-order valence-electron chi connectivity index (χ0n) is 20.0. The van der Waals surface area contributed by atoms with Gasteiger partial charge in [-0.15, -0.1) is 0 Å². The van der Waals surface area contributed by atoms with E-state index in [0.29, 0.717) is 41.7 Å². The number of rotatable bonds is 9. The van der Waals surface area contributed by atoms with Gasteiger partial charge in [-0.1, -0.05) is 13.8 Å². The van der Waals surface area contributed by atoms with Crippen LogP contribution in [0.4, 0.5) is 11.6 Å². The highest BCUT2D eigenvalue weighted by Gasteiger charge is 2.55. The van der Waals surface area contributed by atoms with Crippen LogP contribution in [0.5, 0.6) is 5.88 Å². The number of amides is 1. The highest BCUT2D eigenvalue weighted by atomic mass is 16.5. The predicted molar refractivity (Wildman–Crippen MR) is 126 cm³/mol. The van der Waals surface area contributed by atoms with Gasteiger partial charge < -0.3 is 30.0 Å². The molecule has 2 aromatic heterocycles. The van der Waals surface area contributed by atoms with Crippen molar-refractivity contribution < 1.29 is 29.0 Å². The molecule has 0 radical (unpaired) electrons. The number of aromatic carboxylic acids is 1. The number of aromatic nitrogens is 2. The normalized spacial score (nSPS) is 28.8. The van der Waals surface area contributed by atoms with Crippen LogP contribution in [0, 0.1) is 23.7 Å². The summed E-state index contributed by atoms with van der Waals surface area (Å²) in [5.41, 5.74) is -0.211. The maximum atomic E-state index is 13.4. The van der Waals surface area contributed by atoms with E-state index in [1.165, 1.54) is 6.26 Å². The first-order valence-electron chi connectivity index (χ1n) is 12.3. The van der Waals surface area contributed by atoms with E-state index in [2.05, 4.69) is 34.4 Å². The summed E-state index contributed by atoms with van der Waals surface area (Å²) < 4.78 is 10.8. The van der Waals surface area contributed by atoms with Gasteiger partial charge in [-0.05, 0) is 74.3 Å². The third-order valence-electron chi connectivity index (χ3n) is 7.52. The molecule has 35 heavy (non-hydrogen) atoms. The fourth-order valence-electron chi connectivity index (χ4n) is 6.19. The second-order valence-corrected chi connectivity index (χ2v) is 10.7. The standard InChI is InChI=1S/C25H32N4O6/c1-13(2)5-6-34-22-17(3-4-18(27-22)26-19-12-35-23(28-19)24(31)32)21(30)29-20-15-7-14-8-16(20)11-25(33,9-14)10-15/h3-4,12-16,20,33H,5-11H2,1-2H3,(H,26,27)(H,29,30)(H,31,32). The first-order chi connectivity index (χ1) is 16.7. The lowest BCUT2D eigenvalue weighted by molar-refractivity contribution is -0.136. The molecule has 4 bridgehead atoms. The molecule has 2 unspecified atom stereocenters. The van der Waals surface area contributed by atoms with Crippen molar-refractivity contribution in [1.29, 1.82) is 0 Å². The minimum absolute atomic E-state index is 0.0465. The van der Waals surface area contributed by atoms with E-state index in [1.54, 1.807) is 12.1 Å². The molecular weight excluding hydrogens is 452 g/mol. The van der Waals surface area contributed by atoms with E-state index in [1.807, 2.05) is 0 Å². The third-order valence-corrected chi connectivity index (χ3v) is 7.52. The van der Waals surface area contributed by atoms with Gasteiger partial charge >= 0.3 is 11.9 Å². The van der Waals surface area contributed by atoms with E-state index >= 15 is 0 Å². The van der Waals surface area contributed by atoms with Crippen molar-refractivity contribution in [2.45, 2.75) is 64.0 Å². The molecule has 4 aliphatic rings. The zero-order valence-corrected chi connectivity index (χ0v) is 20.0. The predicted octanol–water partition coefficient (Wildman–Crippen LogP) is 3.61. The number of carbonyl (C=O) groups is 2. The first kappa shape index (κ1) is 23.6. The number of carboxylic acid groups (broad SMARTS) is 1. The van der Waals surface area contributed by atoms with Crippen molar-refractivity contribution in [3.05, 3.63) is 29.9 Å². The van der Waals surface area contributed by atoms with Crippen LogP contribution in [0.1, 0.15) is 73.4 Å². The first-order valence-corrected chi connectivity index (χ1v) is 12.3. The number of carbonyl (C=O) groups excluding carboxylic acids is 1. The van der Waals surface area contributed by atoms with E-state index in [9.17, 15) is 14.7 Å². The van der Waals surface area contributed by atoms with Crippen molar-refractivity contribution in [2.75, 3.05) is 11.9 Å². The second kappa shape index (κ2) is 9.14. The molecule has 0 aliphatic heterocycles. The highest BCUT2D eigenvalue weighted by Crippen LogP contribution is 2.55. The molecule has 0 saturated heterocycles. The maximum Gasteiger partial charge on any atom is 0.392 e. The van der Waals surface area contributed by atoms with Crippen LogP contribution in [0.2, 0.25) is 0 Å². The lowest BCUT2D eigenvalue weighted by Gasteiger charge is -2.58. The Labute approximate surface area is 203 Å². The number of ether oxygens (including phenoxy) is 1. The van der Waals surface area contributed by atoms with Crippen molar-refractivity contribution in [3.63, 3.8) is 0 Å². The molecule has 6 rings (SSSR count). The molecule has 2 atom stereocenters. The quantitative estimate of drug-likeness (QED) is 0.419. The van der Waals surface area contributed by atoms with Gasteiger partial charge in [-0.25, -0.2) is 4.79 Å². The Kier molecular flexibility index (Phi) is 6.16. The van der Waals surface area contributed by atoms with Crippen LogP contribution >= 0.6 is 0 Å². The average Bonchev–Trinajstić information content (AvgIpc) is 3.24. The number of nitrogens with one attached hydrogen (secondary N) is 2. The summed E-state index contributed by atoms with van der Waals surface area (Å²) in [4.78, 5) is 32.7. The van der Waals surface area contributed by atoms with Gasteiger partial charge in [0.05, 0.1) is 12.2 Å². The highest BCUT2D eigenvalue weighted by molar-refractivity contribution is 5.97. The van der Waals surface area contributed by atoms with Crippen molar-refractivity contribution >= 4 is 23.5 Å². The van der Waals surface area contributed by atoms with E-state index in [-0.39, 0.29) is 23.6 Å². The largest absolute Gasteiger partial charge is 0.477 e. The molecule has 10 heteroatoms. The lowest BCUT2D eigenvalue weighted by atomic mass is 9.52. The number of aliphatic hydroxyl groups is 1. The molecule has 4 fully saturated rings. The summed E-state index contributed by atoms with van der Waals surface area (Å²) in [6, 6.07) is 3.32. The van der Waals surface area contributed by atoms with Crippen LogP contribution in [-0.2, 0) is 0 Å². The minimum Gasteiger partial charge on any atom is -0.477 e. The number of nitrogens with zero attached hydrogens (tertiary/aromatic N) is 2. The molecule has 2 heterocycles. The van der Waals surface area contributed by atoms with Gasteiger partial charge in [0.2, 0.25) is 5.88 Å². The van der Waals surface area contributed by atoms with Gasteiger partial charge in [0.15, 0.2) is 5.82 Å². The minimum atomic E-state index is -1.27. The van der Waals surface area contributed by atoms with Crippen LogP contribution in [0.15, 0.2) is 22.8 Å². The molecule has 1 amide bonds. The smallest absolute Gasteiger partial charge is 0.392 e. The topological polar surface area (TPSA) is 147 Å². The van der Waals surface area contributed by atoms with Gasteiger partial charge in [0.1, 0.15) is 17.6 Å². The molecule has 10 nitrogen and oxygen atoms in total. The third kappa shape index (κ3) is 4.98. The van der Waals surface area contributed by atoms with Crippen LogP contribution in [0.3, 0.4) is 0 Å². The number of carboxylic acids is 1. The molecule has 0 aromatic carbocycles. The fourth-order valence-corrected chi connectivity index (χ4v) is 6.19. The Hall–Kier alpha value is -3.14. The number of hydrogen-bond donors (Lipinski definition) is 4. The molecule has 188 valence electrons. The summed E-state index contributed by atoms with van der Waals surface area (Å²) in [7, 11) is 0. The molecule has 2 aromatic rings. The molecular formula is C25H32N4O6. The van der Waals surface area contributed by atoms with E-state index < -0.39 is 17.5 Å². The molecule has 4 N–H and O–H groups in total. The fraction of sp³-hybridized carbons (Fsp3) is 0.600. The summed E-state index contributed by atoms with van der Waals surface area (Å²) in [6.45, 7) is 4.59. The van der Waals surface area contributed by atoms with Gasteiger partial charge in [0, 0.05) is 6.04 Å². The monoisotopic (exact) mass is 484 g/mol. The summed E-state index contributed by atoms with van der Waals surface area (Å²) in [5.74, 6) is 0.387. The van der Waals surface area contributed by atoms with Gasteiger partial charge in [0.25, 0.3) is 5.91 Å². The maximum absolute atomic E-state index is 13.4.